The van der Waals surface area contributed by atoms with E-state index in [-0.39, 0.29) is 6.10 Å². The zero-order valence-electron chi connectivity index (χ0n) is 10.7. The minimum atomic E-state index is -0.400. The van der Waals surface area contributed by atoms with Crippen molar-refractivity contribution in [1.82, 2.24) is 0 Å². The Morgan fingerprint density at radius 3 is 2.37 bits per heavy atom. The summed E-state index contributed by atoms with van der Waals surface area (Å²) in [4.78, 5) is 23.1. The quantitative estimate of drug-likeness (QED) is 0.888. The summed E-state index contributed by atoms with van der Waals surface area (Å²) in [6.45, 7) is 0. The third-order valence-electron chi connectivity index (χ3n) is 4.07. The molecule has 4 nitrogen and oxygen atoms in total. The van der Waals surface area contributed by atoms with Crippen LogP contribution in [-0.4, -0.2) is 18.0 Å². The molecular weight excluding hydrogens is 242 g/mol. The number of hydrogen-bond acceptors (Lipinski definition) is 3. The Labute approximate surface area is 112 Å². The smallest absolute Gasteiger partial charge is 0.411 e. The lowest BCUT2D eigenvalue weighted by molar-refractivity contribution is -0.118. The first-order valence-corrected chi connectivity index (χ1v) is 6.75. The molecule has 2 saturated carbocycles. The van der Waals surface area contributed by atoms with E-state index in [1.54, 1.807) is 0 Å². The van der Waals surface area contributed by atoms with Crippen molar-refractivity contribution < 1.29 is 14.3 Å². The topological polar surface area (TPSA) is 55.4 Å². The number of fused-ring (bicyclic) bond motifs is 1. The molecule has 100 valence electrons. The molecule has 1 unspecified atom stereocenters. The van der Waals surface area contributed by atoms with Crippen LogP contribution in [0.4, 0.5) is 10.5 Å². The molecule has 3 atom stereocenters. The highest BCUT2D eigenvalue weighted by atomic mass is 16.6. The number of Topliss-reactive ketones (excluding diaryl/α,β-unsaturated/α-hetero) is 1. The highest BCUT2D eigenvalue weighted by molar-refractivity contribution is 5.84. The number of hydrogen-bond donors (Lipinski definition) is 1. The van der Waals surface area contributed by atoms with Crippen molar-refractivity contribution in [2.45, 2.75) is 31.8 Å². The first-order valence-electron chi connectivity index (χ1n) is 6.75. The molecular formula is C15H17NO3. The van der Waals surface area contributed by atoms with E-state index in [1.165, 1.54) is 0 Å². The van der Waals surface area contributed by atoms with Gasteiger partial charge in [-0.25, -0.2) is 4.79 Å². The van der Waals surface area contributed by atoms with E-state index in [9.17, 15) is 9.59 Å². The van der Waals surface area contributed by atoms with Crippen molar-refractivity contribution in [1.29, 1.82) is 0 Å². The average molecular weight is 259 g/mol. The fourth-order valence-corrected chi connectivity index (χ4v) is 3.24. The van der Waals surface area contributed by atoms with Gasteiger partial charge in [0.15, 0.2) is 0 Å². The van der Waals surface area contributed by atoms with Gasteiger partial charge >= 0.3 is 6.09 Å². The minimum absolute atomic E-state index is 0.0354. The van der Waals surface area contributed by atoms with E-state index in [2.05, 4.69) is 5.32 Å². The summed E-state index contributed by atoms with van der Waals surface area (Å²) >= 11 is 0. The summed E-state index contributed by atoms with van der Waals surface area (Å²) in [5, 5.41) is 2.72. The van der Waals surface area contributed by atoms with Gasteiger partial charge in [-0.3, -0.25) is 10.1 Å². The predicted octanol–water partition coefficient (Wildman–Crippen LogP) is 2.99. The van der Waals surface area contributed by atoms with Gasteiger partial charge < -0.3 is 4.74 Å². The van der Waals surface area contributed by atoms with Crippen LogP contribution in [0.2, 0.25) is 0 Å². The molecule has 0 aliphatic heterocycles. The number of rotatable bonds is 2. The number of para-hydroxylation sites is 1. The second-order valence-corrected chi connectivity index (χ2v) is 5.46. The van der Waals surface area contributed by atoms with Gasteiger partial charge in [0.25, 0.3) is 0 Å². The monoisotopic (exact) mass is 259 g/mol. The van der Waals surface area contributed by atoms with Crippen molar-refractivity contribution >= 4 is 17.6 Å². The van der Waals surface area contributed by atoms with Crippen molar-refractivity contribution in [3.63, 3.8) is 0 Å². The van der Waals surface area contributed by atoms with Crippen molar-refractivity contribution in [2.24, 2.45) is 11.8 Å². The molecule has 2 aliphatic rings. The molecule has 4 heteroatoms. The molecule has 1 N–H and O–H groups in total. The van der Waals surface area contributed by atoms with Crippen LogP contribution in [0, 0.1) is 11.8 Å². The number of ether oxygens (including phenoxy) is 1. The second kappa shape index (κ2) is 5.03. The molecule has 19 heavy (non-hydrogen) atoms. The fraction of sp³-hybridized carbons (Fsp3) is 0.467. The summed E-state index contributed by atoms with van der Waals surface area (Å²) in [6, 6.07) is 9.26. The van der Waals surface area contributed by atoms with Crippen LogP contribution in [0.15, 0.2) is 30.3 Å². The number of benzene rings is 1. The third-order valence-corrected chi connectivity index (χ3v) is 4.07. The zero-order valence-corrected chi connectivity index (χ0v) is 10.7. The van der Waals surface area contributed by atoms with Crippen LogP contribution < -0.4 is 5.32 Å². The van der Waals surface area contributed by atoms with Gasteiger partial charge in [-0.05, 0) is 36.8 Å². The summed E-state index contributed by atoms with van der Waals surface area (Å²) in [7, 11) is 0. The number of anilines is 1. The van der Waals surface area contributed by atoms with E-state index in [1.807, 2.05) is 30.3 Å². The van der Waals surface area contributed by atoms with Crippen molar-refractivity contribution in [3.8, 4) is 0 Å². The van der Waals surface area contributed by atoms with Gasteiger partial charge in [0.2, 0.25) is 0 Å². The van der Waals surface area contributed by atoms with Crippen LogP contribution in [0.3, 0.4) is 0 Å². The number of carbonyl (C=O) groups is 2. The van der Waals surface area contributed by atoms with Crippen LogP contribution in [-0.2, 0) is 9.53 Å². The second-order valence-electron chi connectivity index (χ2n) is 5.46. The Hall–Kier alpha value is -1.84. The molecule has 1 aromatic rings. The predicted molar refractivity (Wildman–Crippen MR) is 70.8 cm³/mol. The molecule has 0 saturated heterocycles. The van der Waals surface area contributed by atoms with Crippen LogP contribution in [0.25, 0.3) is 0 Å². The van der Waals surface area contributed by atoms with Crippen LogP contribution in [0.5, 0.6) is 0 Å². The standard InChI is InChI=1S/C15H17NO3/c17-13-6-10-8-14(9-11(10)7-13)19-15(18)16-12-4-2-1-3-5-12/h1-5,10-11,14H,6-9H2,(H,16,18)/t10-,11+,14?. The molecule has 1 aromatic carbocycles. The van der Waals surface area contributed by atoms with Crippen LogP contribution >= 0.6 is 0 Å². The average Bonchev–Trinajstić information content (AvgIpc) is 2.86. The van der Waals surface area contributed by atoms with Crippen molar-refractivity contribution in [3.05, 3.63) is 30.3 Å². The van der Waals surface area contributed by atoms with E-state index >= 15 is 0 Å². The highest BCUT2D eigenvalue weighted by Gasteiger charge is 2.42. The molecule has 2 fully saturated rings. The largest absolute Gasteiger partial charge is 0.446 e. The maximum atomic E-state index is 11.8. The maximum absolute atomic E-state index is 11.8. The summed E-state index contributed by atoms with van der Waals surface area (Å²) in [5.74, 6) is 1.23. The van der Waals surface area contributed by atoms with Crippen molar-refractivity contribution in [2.75, 3.05) is 5.32 Å². The normalized spacial score (nSPS) is 29.1. The molecule has 1 amide bonds. The molecule has 0 radical (unpaired) electrons. The maximum Gasteiger partial charge on any atom is 0.411 e. The molecule has 0 spiro atoms. The molecule has 0 bridgehead atoms. The van der Waals surface area contributed by atoms with Gasteiger partial charge in [-0.15, -0.1) is 0 Å². The highest BCUT2D eigenvalue weighted by Crippen LogP contribution is 2.43. The molecule has 3 rings (SSSR count). The number of carbonyl (C=O) groups excluding carboxylic acids is 2. The van der Waals surface area contributed by atoms with E-state index in [4.69, 9.17) is 4.74 Å². The first kappa shape index (κ1) is 12.2. The fourth-order valence-electron chi connectivity index (χ4n) is 3.24. The third kappa shape index (κ3) is 2.78. The molecule has 0 aromatic heterocycles. The minimum Gasteiger partial charge on any atom is -0.446 e. The Morgan fingerprint density at radius 2 is 1.74 bits per heavy atom. The number of amides is 1. The molecule has 0 heterocycles. The van der Waals surface area contributed by atoms with Gasteiger partial charge in [0.05, 0.1) is 0 Å². The summed E-state index contributed by atoms with van der Waals surface area (Å²) < 4.78 is 5.43. The van der Waals surface area contributed by atoms with E-state index in [0.29, 0.717) is 30.5 Å². The van der Waals surface area contributed by atoms with Gasteiger partial charge in [0, 0.05) is 18.5 Å². The lowest BCUT2D eigenvalue weighted by Crippen LogP contribution is -2.21. The van der Waals surface area contributed by atoms with Gasteiger partial charge in [0.1, 0.15) is 11.9 Å². The first-order chi connectivity index (χ1) is 9.20. The van der Waals surface area contributed by atoms with Gasteiger partial charge in [-0.2, -0.15) is 0 Å². The Kier molecular flexibility index (Phi) is 3.23. The number of nitrogens with one attached hydrogen (secondary N) is 1. The van der Waals surface area contributed by atoms with Crippen LogP contribution in [0.1, 0.15) is 25.7 Å². The molecule has 2 aliphatic carbocycles. The zero-order chi connectivity index (χ0) is 13.2. The summed E-state index contributed by atoms with van der Waals surface area (Å²) in [6.07, 6.45) is 2.57. The lowest BCUT2D eigenvalue weighted by Gasteiger charge is -2.13. The Balaban J connectivity index is 1.50. The Bertz CT molecular complexity index is 469. The lowest BCUT2D eigenvalue weighted by atomic mass is 10.0. The summed E-state index contributed by atoms with van der Waals surface area (Å²) in [5.41, 5.74) is 0.737. The van der Waals surface area contributed by atoms with E-state index < -0.39 is 6.09 Å². The number of ketones is 1. The van der Waals surface area contributed by atoms with Gasteiger partial charge in [-0.1, -0.05) is 18.2 Å². The SMILES string of the molecule is O=C1C[C@@H]2CC(OC(=O)Nc3ccccc3)C[C@@H]2C1. The van der Waals surface area contributed by atoms with E-state index in [0.717, 1.165) is 18.5 Å². The Morgan fingerprint density at radius 1 is 1.11 bits per heavy atom.